The van der Waals surface area contributed by atoms with E-state index < -0.39 is 178 Å². The van der Waals surface area contributed by atoms with Crippen molar-refractivity contribution < 1.29 is 103 Å². The number of alkyl halides is 15. The molecule has 5 amide bonds. The molecule has 0 saturated heterocycles. The first kappa shape index (κ1) is 106. The van der Waals surface area contributed by atoms with Crippen molar-refractivity contribution in [3.05, 3.63) is 320 Å². The molecule has 5 aromatic carbocycles. The normalized spacial score (nSPS) is 16.5. The van der Waals surface area contributed by atoms with E-state index in [-0.39, 0.29) is 30.8 Å². The summed E-state index contributed by atoms with van der Waals surface area (Å²) in [5, 5.41) is 29.8. The average Bonchev–Trinajstić information content (AvgIpc) is 0.957. The monoisotopic (exact) mass is 2160 g/mol. The minimum atomic E-state index is -5.02. The number of hydrogen-bond donors (Lipinski definition) is 5. The van der Waals surface area contributed by atoms with Crippen molar-refractivity contribution >= 4 is 87.5 Å². The second kappa shape index (κ2) is 42.5. The molecule has 2 unspecified atom stereocenters. The summed E-state index contributed by atoms with van der Waals surface area (Å²) in [7, 11) is 0. The van der Waals surface area contributed by atoms with Crippen LogP contribution in [0.25, 0.3) is 56.9 Å². The number of benzene rings is 5. The van der Waals surface area contributed by atoms with Crippen LogP contribution in [0.3, 0.4) is 0 Å². The number of amides is 5. The van der Waals surface area contributed by atoms with E-state index in [0.717, 1.165) is 69.5 Å². The van der Waals surface area contributed by atoms with Crippen LogP contribution in [-0.4, -0.2) is 188 Å². The van der Waals surface area contributed by atoms with Crippen LogP contribution in [0.4, 0.5) is 79.0 Å². The van der Waals surface area contributed by atoms with Gasteiger partial charge in [0.05, 0.1) is 180 Å². The van der Waals surface area contributed by atoms with Gasteiger partial charge in [-0.2, -0.15) is 91.3 Å². The number of halogens is 23. The van der Waals surface area contributed by atoms with Gasteiger partial charge in [0.15, 0.2) is 0 Å². The molecule has 0 bridgehead atoms. The number of aromatic nitrogens is 20. The predicted octanol–water partition coefficient (Wildman–Crippen LogP) is 21.9. The lowest BCUT2D eigenvalue weighted by atomic mass is 9.95. The Balaban J connectivity index is 0.000000132. The van der Waals surface area contributed by atoms with E-state index in [9.17, 15) is 103 Å². The van der Waals surface area contributed by atoms with Crippen LogP contribution in [0.5, 0.6) is 0 Å². The van der Waals surface area contributed by atoms with Gasteiger partial charge in [-0.1, -0.05) is 70.1 Å². The molecule has 768 valence electrons. The molecule has 0 aliphatic carbocycles. The third-order valence-electron chi connectivity index (χ3n) is 25.2. The molecule has 15 heterocycles. The van der Waals surface area contributed by atoms with Gasteiger partial charge >= 0.3 is 30.9 Å². The SMILES string of the molecule is CC1c2ncnc(-c3ccn[nH]3)c2CCN1C(=O)c1ccc(F)c(C(F)(F)F)c1Cl.CC1c2ncnc(-c3ccn[nH]3)c2CCN1C(=O)c1ccc(F)c(C(F)(F)F)c1Cl.C[C@@H]1c2ncnc(-c3ccn[nH]3)c2CCN1C(=O)c1ccc(F)c(C(F)(F)F)c1Cl.C[C@@H]1c2ncnc(-c3ccn[nH]3)c2CCN1C(=O)c1cccc(C(F)(F)F)c1Cl.C[C@H]1c2ncnc(-c3ccn[nH]3)c2CCN1C(=O)c1cccc(C(F)(F)F)c1Cl. The van der Waals surface area contributed by atoms with E-state index >= 15 is 0 Å². The fourth-order valence-electron chi connectivity index (χ4n) is 18.1. The first-order valence-corrected chi connectivity index (χ1v) is 46.2. The Morgan fingerprint density at radius 2 is 0.466 bits per heavy atom. The van der Waals surface area contributed by atoms with Gasteiger partial charge in [-0.3, -0.25) is 49.5 Å². The molecule has 0 spiro atoms. The molecule has 5 aliphatic rings. The number of nitrogens with zero attached hydrogens (tertiary/aromatic N) is 20. The van der Waals surface area contributed by atoms with Gasteiger partial charge < -0.3 is 24.5 Å². The third-order valence-corrected chi connectivity index (χ3v) is 27.2. The van der Waals surface area contributed by atoms with Gasteiger partial charge in [0.1, 0.15) is 65.8 Å². The molecule has 0 fully saturated rings. The van der Waals surface area contributed by atoms with E-state index in [1.54, 1.807) is 95.9 Å². The van der Waals surface area contributed by atoms with E-state index in [2.05, 4.69) is 101 Å². The van der Waals surface area contributed by atoms with Crippen LogP contribution in [0.15, 0.2) is 166 Å². The van der Waals surface area contributed by atoms with Crippen molar-refractivity contribution in [1.82, 2.24) is 125 Å². The maximum absolute atomic E-state index is 13.7. The molecule has 148 heavy (non-hydrogen) atoms. The van der Waals surface area contributed by atoms with Crippen LogP contribution in [-0.2, 0) is 63.0 Å². The highest BCUT2D eigenvalue weighted by atomic mass is 35.5. The number of nitrogens with one attached hydrogen (secondary N) is 5. The number of H-pyrrole nitrogens is 5. The summed E-state index contributed by atoms with van der Waals surface area (Å²) < 4.78 is 239. The zero-order chi connectivity index (χ0) is 106. The van der Waals surface area contributed by atoms with Crippen LogP contribution in [0.1, 0.15) is 201 Å². The van der Waals surface area contributed by atoms with E-state index in [1.807, 2.05) is 0 Å². The standard InChI is InChI=1S/3C19H14ClF4N5O.2C19H15ClF3N5O/c3*1-9-16-11(17(26-8-25-16)13-4-6-27-28-13)5-7-29(9)18(30)10-2-3-12(21)14(15(10)20)19(22,23)24;2*1-10-16-12(17(25-9-24-16)14-5-7-26-27-14)6-8-28(10)18(29)11-3-2-4-13(15(11)20)19(21,22)23/h3*2-4,6,8-9H,5,7H2,1H3,(H,27,28);2*2-5,7,9-10H,6,8H2,1H3,(H,26,27)/t9-;;;2*10-/m1..10/s1. The number of hydrogen-bond acceptors (Lipinski definition) is 20. The molecule has 20 rings (SSSR count). The first-order valence-electron chi connectivity index (χ1n) is 44.3. The highest BCUT2D eigenvalue weighted by Crippen LogP contribution is 2.48. The Hall–Kier alpha value is -14.9. The van der Waals surface area contributed by atoms with Crippen molar-refractivity contribution in [2.45, 2.75) is 128 Å². The second-order valence-electron chi connectivity index (χ2n) is 33.6. The lowest BCUT2D eigenvalue weighted by Crippen LogP contribution is -2.40. The van der Waals surface area contributed by atoms with Gasteiger partial charge in [-0.05, 0) is 158 Å². The molecule has 53 heteroatoms. The molecule has 0 radical (unpaired) electrons. The number of carbonyl (C=O) groups is 5. The molecule has 15 aromatic rings. The summed E-state index contributed by atoms with van der Waals surface area (Å²) in [6.07, 6.45) is -7.46. The predicted molar refractivity (Wildman–Crippen MR) is 496 cm³/mol. The van der Waals surface area contributed by atoms with Crippen LogP contribution < -0.4 is 0 Å². The molecule has 30 nitrogen and oxygen atoms in total. The topological polar surface area (TPSA) is 374 Å². The second-order valence-corrected chi connectivity index (χ2v) is 35.5. The third kappa shape index (κ3) is 21.1. The fraction of sp³-hybridized carbons (Fsp3) is 0.263. The number of carbonyl (C=O) groups excluding carboxylic acids is 5. The van der Waals surface area contributed by atoms with Crippen molar-refractivity contribution in [2.75, 3.05) is 32.7 Å². The minimum Gasteiger partial charge on any atom is -0.330 e. The average molecular weight is 2160 g/mol. The minimum absolute atomic E-state index is 0.181. The van der Waals surface area contributed by atoms with Crippen LogP contribution in [0.2, 0.25) is 25.1 Å². The zero-order valence-corrected chi connectivity index (χ0v) is 80.5. The number of fused-ring (bicyclic) bond motifs is 5. The summed E-state index contributed by atoms with van der Waals surface area (Å²) in [6, 6.07) is 17.6. The van der Waals surface area contributed by atoms with Crippen molar-refractivity contribution in [1.29, 1.82) is 0 Å². The Morgan fingerprint density at radius 3 is 0.642 bits per heavy atom. The molecule has 0 saturated carbocycles. The highest BCUT2D eigenvalue weighted by Gasteiger charge is 2.47. The zero-order valence-electron chi connectivity index (χ0n) is 76.7. The molecule has 5 N–H and O–H groups in total. The molecule has 5 aliphatic heterocycles. The van der Waals surface area contributed by atoms with Gasteiger partial charge in [-0.15, -0.1) is 0 Å². The maximum atomic E-state index is 13.7. The van der Waals surface area contributed by atoms with Crippen LogP contribution in [0, 0.1) is 17.5 Å². The van der Waals surface area contributed by atoms with E-state index in [4.69, 9.17) is 58.0 Å². The maximum Gasteiger partial charge on any atom is 0.420 e. The first-order chi connectivity index (χ1) is 70.2. The van der Waals surface area contributed by atoms with Gasteiger partial charge in [0, 0.05) is 91.5 Å². The Labute approximate surface area is 848 Å². The largest absolute Gasteiger partial charge is 0.420 e. The van der Waals surface area contributed by atoms with Crippen molar-refractivity contribution in [2.24, 2.45) is 0 Å². The number of aromatic amines is 5. The molecular weight excluding hydrogens is 2090 g/mol. The summed E-state index contributed by atoms with van der Waals surface area (Å²) in [5.74, 6) is -7.92. The Kier molecular flexibility index (Phi) is 30.4. The summed E-state index contributed by atoms with van der Waals surface area (Å²) in [4.78, 5) is 115. The van der Waals surface area contributed by atoms with Gasteiger partial charge in [-0.25, -0.2) is 63.0 Å². The number of rotatable bonds is 10. The lowest BCUT2D eigenvalue weighted by molar-refractivity contribution is -0.140. The smallest absolute Gasteiger partial charge is 0.330 e. The van der Waals surface area contributed by atoms with Gasteiger partial charge in [0.2, 0.25) is 0 Å². The van der Waals surface area contributed by atoms with E-state index in [0.29, 0.717) is 137 Å². The fourth-order valence-corrected chi connectivity index (χ4v) is 19.7. The summed E-state index contributed by atoms with van der Waals surface area (Å²) >= 11 is 29.3. The Bertz CT molecular complexity index is 6920. The molecule has 5 atom stereocenters. The summed E-state index contributed by atoms with van der Waals surface area (Å²) in [6.45, 7) is 9.90. The molecule has 10 aromatic heterocycles. The quantitative estimate of drug-likeness (QED) is 0.0794. The summed E-state index contributed by atoms with van der Waals surface area (Å²) in [5.41, 5.74) is 5.50. The van der Waals surface area contributed by atoms with Crippen molar-refractivity contribution in [3.8, 4) is 56.9 Å². The van der Waals surface area contributed by atoms with E-state index in [1.165, 1.54) is 80.4 Å². The van der Waals surface area contributed by atoms with Gasteiger partial charge in [0.25, 0.3) is 29.5 Å². The molecular formula is C95H72Cl5F18N25O5. The lowest BCUT2D eigenvalue weighted by Gasteiger charge is -2.35. The van der Waals surface area contributed by atoms with Crippen molar-refractivity contribution in [3.63, 3.8) is 0 Å². The highest BCUT2D eigenvalue weighted by molar-refractivity contribution is 6.37. The Morgan fingerprint density at radius 1 is 0.270 bits per heavy atom. The van der Waals surface area contributed by atoms with Crippen LogP contribution >= 0.6 is 58.0 Å².